The summed E-state index contributed by atoms with van der Waals surface area (Å²) < 4.78 is 34.9. The van der Waals surface area contributed by atoms with E-state index in [-0.39, 0.29) is 25.6 Å². The lowest BCUT2D eigenvalue weighted by Crippen LogP contribution is -2.37. The van der Waals surface area contributed by atoms with E-state index in [2.05, 4.69) is 38.2 Å². The Morgan fingerprint density at radius 3 is 0.859 bits per heavy atom. The highest BCUT2D eigenvalue weighted by Crippen LogP contribution is 2.43. The average Bonchev–Trinajstić information content (AvgIpc) is 2.34. The summed E-state index contributed by atoms with van der Waals surface area (Å²) in [5.74, 6) is -0.767. The summed E-state index contributed by atoms with van der Waals surface area (Å²) in [6.07, 6.45) is 94.9. The third-order valence-corrected chi connectivity index (χ3v) is 20.0. The number of allylic oxidation sites excluding steroid dienone is 4. The van der Waals surface area contributed by atoms with Gasteiger partial charge in [-0.3, -0.25) is 18.6 Å². The first kappa shape index (κ1) is 90.5. The van der Waals surface area contributed by atoms with E-state index in [1.807, 2.05) is 21.1 Å². The molecule has 92 heavy (non-hydrogen) atoms. The third-order valence-electron chi connectivity index (χ3n) is 19.0. The van der Waals surface area contributed by atoms with Gasteiger partial charge in [-0.25, -0.2) is 4.57 Å². The number of ether oxygens (including phenoxy) is 2. The Morgan fingerprint density at radius 2 is 0.587 bits per heavy atom. The van der Waals surface area contributed by atoms with Crippen LogP contribution in [-0.2, 0) is 32.7 Å². The molecule has 1 N–H and O–H groups in total. The second-order valence-corrected chi connectivity index (χ2v) is 31.0. The van der Waals surface area contributed by atoms with Gasteiger partial charge in [-0.05, 0) is 44.9 Å². The highest BCUT2D eigenvalue weighted by atomic mass is 31.2. The maximum Gasteiger partial charge on any atom is 0.472 e. The van der Waals surface area contributed by atoms with Gasteiger partial charge in [0.2, 0.25) is 0 Å². The Bertz CT molecular complexity index is 1600. The Kier molecular flexibility index (Phi) is 72.5. The number of nitrogens with zero attached hydrogens (tertiary/aromatic N) is 1. The molecular formula is C82H161NO8P+. The van der Waals surface area contributed by atoms with Crippen molar-refractivity contribution in [2.24, 2.45) is 0 Å². The molecule has 0 saturated heterocycles. The zero-order valence-electron chi connectivity index (χ0n) is 62.6. The second kappa shape index (κ2) is 73.7. The molecule has 0 amide bonds. The van der Waals surface area contributed by atoms with Crippen molar-refractivity contribution in [3.63, 3.8) is 0 Å². The normalized spacial score (nSPS) is 13.1. The first-order valence-electron chi connectivity index (χ1n) is 41.1. The molecule has 0 aromatic heterocycles. The van der Waals surface area contributed by atoms with Crippen LogP contribution < -0.4 is 0 Å². The fourth-order valence-electron chi connectivity index (χ4n) is 12.7. The Labute approximate surface area is 574 Å². The van der Waals surface area contributed by atoms with Crippen molar-refractivity contribution in [2.75, 3.05) is 47.5 Å². The van der Waals surface area contributed by atoms with Crippen molar-refractivity contribution in [3.8, 4) is 0 Å². The van der Waals surface area contributed by atoms with E-state index in [0.29, 0.717) is 17.4 Å². The van der Waals surface area contributed by atoms with E-state index in [1.165, 1.54) is 366 Å². The molecule has 0 radical (unpaired) electrons. The van der Waals surface area contributed by atoms with Gasteiger partial charge >= 0.3 is 19.8 Å². The third kappa shape index (κ3) is 77.5. The van der Waals surface area contributed by atoms with Crippen molar-refractivity contribution < 1.29 is 42.1 Å². The predicted molar refractivity (Wildman–Crippen MR) is 400 cm³/mol. The molecule has 0 saturated carbocycles. The van der Waals surface area contributed by atoms with E-state index < -0.39 is 26.5 Å². The molecule has 546 valence electrons. The highest BCUT2D eigenvalue weighted by molar-refractivity contribution is 7.47. The fourth-order valence-corrected chi connectivity index (χ4v) is 13.4. The number of unbranched alkanes of at least 4 members (excludes halogenated alkanes) is 60. The van der Waals surface area contributed by atoms with Crippen LogP contribution >= 0.6 is 7.82 Å². The molecule has 0 spiro atoms. The van der Waals surface area contributed by atoms with Crippen LogP contribution in [0.25, 0.3) is 0 Å². The topological polar surface area (TPSA) is 108 Å². The van der Waals surface area contributed by atoms with Crippen molar-refractivity contribution >= 4 is 19.8 Å². The lowest BCUT2D eigenvalue weighted by molar-refractivity contribution is -0.870. The van der Waals surface area contributed by atoms with Gasteiger partial charge in [0.05, 0.1) is 27.7 Å². The predicted octanol–water partition coefficient (Wildman–Crippen LogP) is 27.2. The van der Waals surface area contributed by atoms with E-state index in [4.69, 9.17) is 18.5 Å². The highest BCUT2D eigenvalue weighted by Gasteiger charge is 2.27. The van der Waals surface area contributed by atoms with E-state index in [9.17, 15) is 19.0 Å². The number of carbonyl (C=O) groups excluding carboxylic acids is 2. The lowest BCUT2D eigenvalue weighted by atomic mass is 10.0. The van der Waals surface area contributed by atoms with Crippen molar-refractivity contribution in [3.05, 3.63) is 24.3 Å². The summed E-state index contributed by atoms with van der Waals surface area (Å²) in [4.78, 5) is 36.0. The Balaban J connectivity index is 3.88. The molecule has 0 heterocycles. The van der Waals surface area contributed by atoms with Crippen molar-refractivity contribution in [1.82, 2.24) is 0 Å². The lowest BCUT2D eigenvalue weighted by Gasteiger charge is -2.24. The van der Waals surface area contributed by atoms with Gasteiger partial charge in [0.1, 0.15) is 19.8 Å². The van der Waals surface area contributed by atoms with Crippen LogP contribution in [0.2, 0.25) is 0 Å². The number of rotatable bonds is 78. The summed E-state index contributed by atoms with van der Waals surface area (Å²) in [5, 5.41) is 0. The summed E-state index contributed by atoms with van der Waals surface area (Å²) >= 11 is 0. The van der Waals surface area contributed by atoms with Gasteiger partial charge in [0.25, 0.3) is 0 Å². The zero-order valence-corrected chi connectivity index (χ0v) is 63.5. The molecule has 0 aromatic carbocycles. The number of carbonyl (C=O) groups is 2. The summed E-state index contributed by atoms with van der Waals surface area (Å²) in [6.45, 7) is 4.52. The molecule has 9 nitrogen and oxygen atoms in total. The minimum Gasteiger partial charge on any atom is -0.462 e. The summed E-state index contributed by atoms with van der Waals surface area (Å²) in [7, 11) is 1.51. The molecule has 10 heteroatoms. The summed E-state index contributed by atoms with van der Waals surface area (Å²) in [6, 6.07) is 0. The number of quaternary nitrogens is 1. The maximum atomic E-state index is 12.9. The van der Waals surface area contributed by atoms with Crippen LogP contribution in [0.15, 0.2) is 24.3 Å². The minimum absolute atomic E-state index is 0.0365. The zero-order chi connectivity index (χ0) is 66.9. The van der Waals surface area contributed by atoms with Gasteiger partial charge in [0.15, 0.2) is 6.10 Å². The van der Waals surface area contributed by atoms with Gasteiger partial charge < -0.3 is 18.9 Å². The molecule has 0 aliphatic heterocycles. The van der Waals surface area contributed by atoms with Crippen molar-refractivity contribution in [2.45, 2.75) is 444 Å². The van der Waals surface area contributed by atoms with Gasteiger partial charge in [-0.2, -0.15) is 0 Å². The monoisotopic (exact) mass is 1320 g/mol. The van der Waals surface area contributed by atoms with E-state index in [0.717, 1.165) is 44.9 Å². The molecule has 0 bridgehead atoms. The number of phosphoric ester groups is 1. The molecule has 0 rings (SSSR count). The van der Waals surface area contributed by atoms with E-state index in [1.54, 1.807) is 0 Å². The molecular weight excluding hydrogens is 1160 g/mol. The average molecular weight is 1320 g/mol. The van der Waals surface area contributed by atoms with Crippen LogP contribution in [0.5, 0.6) is 0 Å². The van der Waals surface area contributed by atoms with Crippen LogP contribution in [0, 0.1) is 0 Å². The number of phosphoric acid groups is 1. The molecule has 0 aliphatic carbocycles. The standard InChI is InChI=1S/C82H160NO8P/c1-6-8-10-12-14-16-18-20-22-24-26-28-30-32-34-36-38-39-40-41-42-43-45-47-49-51-53-55-57-59-61-63-65-67-69-71-73-75-82(85)91-80(79-90-92(86,87)89-77-76-83(3,4)5)78-88-81(84)74-72-70-68-66-64-62-60-58-56-54-52-50-48-46-44-37-35-33-31-29-27-25-23-21-19-17-15-13-11-9-7-2/h18,20,24,26,80H,6-17,19,21-23,25,27-79H2,1-5H3/p+1/b20-18-,26-24-. The quantitative estimate of drug-likeness (QED) is 0.0211. The second-order valence-electron chi connectivity index (χ2n) is 29.5. The largest absolute Gasteiger partial charge is 0.472 e. The molecule has 0 aliphatic rings. The van der Waals surface area contributed by atoms with Gasteiger partial charge in [-0.1, -0.05) is 404 Å². The number of hydrogen-bond acceptors (Lipinski definition) is 7. The van der Waals surface area contributed by atoms with Crippen LogP contribution in [0.1, 0.15) is 438 Å². The minimum atomic E-state index is -4.39. The number of hydrogen-bond donors (Lipinski definition) is 1. The van der Waals surface area contributed by atoms with Crippen LogP contribution in [0.3, 0.4) is 0 Å². The van der Waals surface area contributed by atoms with Gasteiger partial charge in [0, 0.05) is 12.8 Å². The number of likely N-dealkylation sites (N-methyl/N-ethyl adjacent to an activating group) is 1. The molecule has 2 atom stereocenters. The number of esters is 2. The Morgan fingerprint density at radius 1 is 0.337 bits per heavy atom. The molecule has 0 fully saturated rings. The maximum absolute atomic E-state index is 12.9. The first-order chi connectivity index (χ1) is 45.0. The fraction of sp³-hybridized carbons (Fsp3) is 0.927. The smallest absolute Gasteiger partial charge is 0.462 e. The molecule has 0 aromatic rings. The first-order valence-corrected chi connectivity index (χ1v) is 42.6. The van der Waals surface area contributed by atoms with Gasteiger partial charge in [-0.15, -0.1) is 0 Å². The summed E-state index contributed by atoms with van der Waals surface area (Å²) in [5.41, 5.74) is 0. The van der Waals surface area contributed by atoms with Crippen LogP contribution in [0.4, 0.5) is 0 Å². The van der Waals surface area contributed by atoms with Crippen LogP contribution in [-0.4, -0.2) is 74.9 Å². The SMILES string of the molecule is CCCCCCC/C=C\C/C=C\CCCCCCCCCCCCCCCCCCCCCCCCCCCC(=O)OC(COC(=O)CCCCCCCCCCCCCCCCCCCCCCCCCCCCCCCCC)COP(=O)(O)OCC[N+](C)(C)C. The van der Waals surface area contributed by atoms with E-state index >= 15 is 0 Å². The molecule has 2 unspecified atom stereocenters. The Hall–Kier alpha value is -1.51. The van der Waals surface area contributed by atoms with Crippen molar-refractivity contribution in [1.29, 1.82) is 0 Å².